The summed E-state index contributed by atoms with van der Waals surface area (Å²) in [7, 11) is 0. The first-order chi connectivity index (χ1) is 13.6. The first kappa shape index (κ1) is 20.4. The molecule has 0 aliphatic carbocycles. The Morgan fingerprint density at radius 3 is 2.39 bits per heavy atom. The molecular formula is C24H26ClNO2. The van der Waals surface area contributed by atoms with E-state index in [0.717, 1.165) is 23.3 Å². The standard InChI is InChI=1S/C24H26ClNO2/c1-18(26-16-24(27)21-8-5-9-22(25)15-21)14-19-10-12-23(13-11-19)28-17-20-6-3-2-4-7-20/h2-13,15,18,24,26-27H,14,16-17H2,1H3/t18?,24-/m0/s1. The van der Waals surface area contributed by atoms with Crippen molar-refractivity contribution in [1.82, 2.24) is 5.32 Å². The van der Waals surface area contributed by atoms with E-state index in [1.54, 1.807) is 12.1 Å². The zero-order valence-corrected chi connectivity index (χ0v) is 16.8. The third-order valence-corrected chi connectivity index (χ3v) is 4.84. The van der Waals surface area contributed by atoms with Crippen LogP contribution in [0.5, 0.6) is 5.75 Å². The molecule has 0 amide bonds. The zero-order valence-electron chi connectivity index (χ0n) is 16.0. The van der Waals surface area contributed by atoms with Crippen LogP contribution in [0.2, 0.25) is 5.02 Å². The minimum Gasteiger partial charge on any atom is -0.489 e. The topological polar surface area (TPSA) is 41.5 Å². The van der Waals surface area contributed by atoms with Crippen molar-refractivity contribution in [2.75, 3.05) is 6.54 Å². The number of nitrogens with one attached hydrogen (secondary N) is 1. The van der Waals surface area contributed by atoms with Gasteiger partial charge >= 0.3 is 0 Å². The summed E-state index contributed by atoms with van der Waals surface area (Å²) >= 11 is 5.99. The van der Waals surface area contributed by atoms with E-state index in [0.29, 0.717) is 18.2 Å². The monoisotopic (exact) mass is 395 g/mol. The minimum atomic E-state index is -0.574. The SMILES string of the molecule is CC(Cc1ccc(OCc2ccccc2)cc1)NC[C@H](O)c1cccc(Cl)c1. The molecule has 3 nitrogen and oxygen atoms in total. The molecule has 0 bridgehead atoms. The Kier molecular flexibility index (Phi) is 7.49. The molecule has 1 unspecified atom stereocenters. The quantitative estimate of drug-likeness (QED) is 0.525. The van der Waals surface area contributed by atoms with Crippen LogP contribution in [0.1, 0.15) is 29.7 Å². The van der Waals surface area contributed by atoms with Crippen LogP contribution in [0.15, 0.2) is 78.9 Å². The van der Waals surface area contributed by atoms with Crippen LogP contribution in [-0.2, 0) is 13.0 Å². The van der Waals surface area contributed by atoms with Crippen molar-refractivity contribution >= 4 is 11.6 Å². The second kappa shape index (κ2) is 10.3. The Morgan fingerprint density at radius 1 is 0.929 bits per heavy atom. The van der Waals surface area contributed by atoms with Crippen molar-refractivity contribution < 1.29 is 9.84 Å². The summed E-state index contributed by atoms with van der Waals surface area (Å²) < 4.78 is 5.83. The maximum Gasteiger partial charge on any atom is 0.119 e. The Balaban J connectivity index is 1.44. The summed E-state index contributed by atoms with van der Waals surface area (Å²) in [6, 6.07) is 25.9. The Morgan fingerprint density at radius 2 is 1.68 bits per heavy atom. The van der Waals surface area contributed by atoms with Crippen LogP contribution < -0.4 is 10.1 Å². The van der Waals surface area contributed by atoms with E-state index in [9.17, 15) is 5.11 Å². The number of benzene rings is 3. The lowest BCUT2D eigenvalue weighted by Gasteiger charge is -2.18. The van der Waals surface area contributed by atoms with Crippen LogP contribution in [0, 0.1) is 0 Å². The minimum absolute atomic E-state index is 0.241. The zero-order chi connectivity index (χ0) is 19.8. The predicted molar refractivity (Wildman–Crippen MR) is 115 cm³/mol. The fraction of sp³-hybridized carbons (Fsp3) is 0.250. The molecular weight excluding hydrogens is 370 g/mol. The van der Waals surface area contributed by atoms with Crippen LogP contribution in [0.25, 0.3) is 0 Å². The number of halogens is 1. The number of hydrogen-bond donors (Lipinski definition) is 2. The summed E-state index contributed by atoms with van der Waals surface area (Å²) in [5, 5.41) is 14.3. The van der Waals surface area contributed by atoms with Crippen LogP contribution in [0.3, 0.4) is 0 Å². The molecule has 0 saturated heterocycles. The molecule has 0 saturated carbocycles. The largest absolute Gasteiger partial charge is 0.489 e. The van der Waals surface area contributed by atoms with Crippen LogP contribution in [0.4, 0.5) is 0 Å². The van der Waals surface area contributed by atoms with Crippen molar-refractivity contribution in [3.05, 3.63) is 101 Å². The Hall–Kier alpha value is -2.33. The van der Waals surface area contributed by atoms with Gasteiger partial charge in [-0.2, -0.15) is 0 Å². The molecule has 0 aliphatic rings. The molecule has 2 N–H and O–H groups in total. The number of rotatable bonds is 9. The molecule has 3 aromatic rings. The highest BCUT2D eigenvalue weighted by atomic mass is 35.5. The van der Waals surface area contributed by atoms with Gasteiger partial charge in [0.15, 0.2) is 0 Å². The van der Waals surface area contributed by atoms with Crippen LogP contribution in [-0.4, -0.2) is 17.7 Å². The lowest BCUT2D eigenvalue weighted by molar-refractivity contribution is 0.170. The van der Waals surface area contributed by atoms with Gasteiger partial charge in [-0.05, 0) is 54.3 Å². The van der Waals surface area contributed by atoms with Crippen molar-refractivity contribution in [1.29, 1.82) is 0 Å². The first-order valence-electron chi connectivity index (χ1n) is 9.53. The van der Waals surface area contributed by atoms with E-state index in [4.69, 9.17) is 16.3 Å². The van der Waals surface area contributed by atoms with E-state index in [1.165, 1.54) is 5.56 Å². The lowest BCUT2D eigenvalue weighted by Crippen LogP contribution is -2.32. The normalized spacial score (nSPS) is 13.1. The second-order valence-corrected chi connectivity index (χ2v) is 7.44. The van der Waals surface area contributed by atoms with Crippen molar-refractivity contribution in [3.8, 4) is 5.75 Å². The third-order valence-electron chi connectivity index (χ3n) is 4.61. The molecule has 146 valence electrons. The third kappa shape index (κ3) is 6.38. The fourth-order valence-corrected chi connectivity index (χ4v) is 3.23. The van der Waals surface area contributed by atoms with E-state index in [1.807, 2.05) is 42.5 Å². The van der Waals surface area contributed by atoms with Gasteiger partial charge in [-0.25, -0.2) is 0 Å². The summed E-state index contributed by atoms with van der Waals surface area (Å²) in [5.74, 6) is 0.865. The first-order valence-corrected chi connectivity index (χ1v) is 9.90. The summed E-state index contributed by atoms with van der Waals surface area (Å²) in [4.78, 5) is 0. The predicted octanol–water partition coefficient (Wildman–Crippen LogP) is 5.17. The highest BCUT2D eigenvalue weighted by Crippen LogP contribution is 2.18. The van der Waals surface area contributed by atoms with Gasteiger partial charge < -0.3 is 15.2 Å². The number of hydrogen-bond acceptors (Lipinski definition) is 3. The van der Waals surface area contributed by atoms with E-state index in [-0.39, 0.29) is 6.04 Å². The summed E-state index contributed by atoms with van der Waals surface area (Å²) in [6.45, 7) is 3.17. The van der Waals surface area contributed by atoms with E-state index >= 15 is 0 Å². The number of ether oxygens (including phenoxy) is 1. The van der Waals surface area contributed by atoms with Gasteiger partial charge in [-0.15, -0.1) is 0 Å². The Bertz CT molecular complexity index is 852. The molecule has 0 fully saturated rings. The molecule has 4 heteroatoms. The summed E-state index contributed by atoms with van der Waals surface area (Å²) in [6.07, 6.45) is 0.302. The van der Waals surface area contributed by atoms with Crippen LogP contribution >= 0.6 is 11.6 Å². The second-order valence-electron chi connectivity index (χ2n) is 7.00. The van der Waals surface area contributed by atoms with E-state index < -0.39 is 6.10 Å². The smallest absolute Gasteiger partial charge is 0.119 e. The lowest BCUT2D eigenvalue weighted by atomic mass is 10.1. The average molecular weight is 396 g/mol. The maximum atomic E-state index is 10.3. The van der Waals surface area contributed by atoms with E-state index in [2.05, 4.69) is 36.5 Å². The molecule has 0 spiro atoms. The highest BCUT2D eigenvalue weighted by molar-refractivity contribution is 6.30. The molecule has 0 radical (unpaired) electrons. The van der Waals surface area contributed by atoms with Crippen molar-refractivity contribution in [2.24, 2.45) is 0 Å². The fourth-order valence-electron chi connectivity index (χ4n) is 3.03. The van der Waals surface area contributed by atoms with Gasteiger partial charge in [0.25, 0.3) is 0 Å². The maximum absolute atomic E-state index is 10.3. The van der Waals surface area contributed by atoms with Gasteiger partial charge in [-0.1, -0.05) is 66.2 Å². The van der Waals surface area contributed by atoms with Crippen molar-refractivity contribution in [2.45, 2.75) is 32.1 Å². The molecule has 3 aromatic carbocycles. The average Bonchev–Trinajstić information content (AvgIpc) is 2.72. The van der Waals surface area contributed by atoms with Gasteiger partial charge in [-0.3, -0.25) is 0 Å². The molecule has 2 atom stereocenters. The number of aliphatic hydroxyl groups excluding tert-OH is 1. The molecule has 3 rings (SSSR count). The van der Waals surface area contributed by atoms with Gasteiger partial charge in [0.2, 0.25) is 0 Å². The molecule has 0 heterocycles. The van der Waals surface area contributed by atoms with Gasteiger partial charge in [0, 0.05) is 17.6 Å². The molecule has 28 heavy (non-hydrogen) atoms. The highest BCUT2D eigenvalue weighted by Gasteiger charge is 2.10. The summed E-state index contributed by atoms with van der Waals surface area (Å²) in [5.41, 5.74) is 3.21. The number of aliphatic hydroxyl groups is 1. The van der Waals surface area contributed by atoms with Crippen molar-refractivity contribution in [3.63, 3.8) is 0 Å². The molecule has 0 aromatic heterocycles. The van der Waals surface area contributed by atoms with Gasteiger partial charge in [0.05, 0.1) is 6.10 Å². The van der Waals surface area contributed by atoms with Gasteiger partial charge in [0.1, 0.15) is 12.4 Å². The molecule has 0 aliphatic heterocycles. The Labute approximate surface area is 171 Å².